The molecule has 0 aromatic rings. The maximum absolute atomic E-state index is 5.26. The highest BCUT2D eigenvalue weighted by Gasteiger charge is 1.83. The van der Waals surface area contributed by atoms with Gasteiger partial charge in [0.15, 0.2) is 0 Å². The quantitative estimate of drug-likeness (QED) is 0.474. The minimum Gasteiger partial charge on any atom is -0.495 e. The molecular formula is C8H13NO. The van der Waals surface area contributed by atoms with Crippen LogP contribution >= 0.6 is 0 Å². The highest BCUT2D eigenvalue weighted by molar-refractivity contribution is 5.18. The van der Waals surface area contributed by atoms with E-state index in [0.29, 0.717) is 18.1 Å². The molecule has 0 heterocycles. The van der Waals surface area contributed by atoms with Crippen LogP contribution in [0.2, 0.25) is 0 Å². The van der Waals surface area contributed by atoms with Crippen molar-refractivity contribution >= 4 is 0 Å². The summed E-state index contributed by atoms with van der Waals surface area (Å²) in [5.74, 6) is 0.606. The van der Waals surface area contributed by atoms with Crippen LogP contribution in [0.1, 0.15) is 6.92 Å². The lowest BCUT2D eigenvalue weighted by molar-refractivity contribution is 0.244. The smallest absolute Gasteiger partial charge is 0.112 e. The van der Waals surface area contributed by atoms with Gasteiger partial charge in [-0.1, -0.05) is 13.2 Å². The fourth-order valence-electron chi connectivity index (χ4n) is 0.433. The largest absolute Gasteiger partial charge is 0.495 e. The summed E-state index contributed by atoms with van der Waals surface area (Å²) in [6, 6.07) is 0. The Kier molecular flexibility index (Phi) is 4.12. The van der Waals surface area contributed by atoms with Gasteiger partial charge in [-0.2, -0.15) is 0 Å². The Balaban J connectivity index is 3.67. The van der Waals surface area contributed by atoms with E-state index in [4.69, 9.17) is 10.5 Å². The summed E-state index contributed by atoms with van der Waals surface area (Å²) in [6.45, 7) is 9.62. The number of ether oxygens (including phenoxy) is 1. The maximum Gasteiger partial charge on any atom is 0.112 e. The van der Waals surface area contributed by atoms with Gasteiger partial charge in [0.25, 0.3) is 0 Å². The Hall–Kier alpha value is -1.18. The van der Waals surface area contributed by atoms with Crippen molar-refractivity contribution in [2.75, 3.05) is 6.61 Å². The molecule has 0 bridgehead atoms. The predicted molar refractivity (Wildman–Crippen MR) is 43.2 cm³/mol. The molecule has 0 rings (SSSR count). The molecule has 0 spiro atoms. The summed E-state index contributed by atoms with van der Waals surface area (Å²) in [6.07, 6.45) is 3.34. The zero-order valence-corrected chi connectivity index (χ0v) is 6.26. The van der Waals surface area contributed by atoms with Gasteiger partial charge in [-0.05, 0) is 19.1 Å². The van der Waals surface area contributed by atoms with Crippen LogP contribution in [-0.2, 0) is 4.74 Å². The van der Waals surface area contributed by atoms with Gasteiger partial charge in [0.1, 0.15) is 5.76 Å². The van der Waals surface area contributed by atoms with Gasteiger partial charge in [0, 0.05) is 5.70 Å². The molecule has 0 fully saturated rings. The van der Waals surface area contributed by atoms with E-state index in [-0.39, 0.29) is 0 Å². The van der Waals surface area contributed by atoms with Crippen LogP contribution in [0.5, 0.6) is 0 Å². The molecule has 0 unspecified atom stereocenters. The first kappa shape index (κ1) is 8.82. The molecule has 2 heteroatoms. The van der Waals surface area contributed by atoms with Crippen molar-refractivity contribution in [3.05, 3.63) is 36.8 Å². The van der Waals surface area contributed by atoms with Crippen molar-refractivity contribution in [1.82, 2.24) is 0 Å². The van der Waals surface area contributed by atoms with Crippen LogP contribution in [0.25, 0.3) is 0 Å². The Morgan fingerprint density at radius 1 is 1.50 bits per heavy atom. The monoisotopic (exact) mass is 139 g/mol. The first-order chi connectivity index (χ1) is 4.66. The molecule has 0 aromatic heterocycles. The Bertz CT molecular complexity index is 159. The van der Waals surface area contributed by atoms with Crippen LogP contribution < -0.4 is 5.73 Å². The standard InChI is InChI=1S/C8H13NO/c1-4-10-8(3)6-5-7(2)9/h5-6H,2-4,9H2,1H3/b6-5-. The molecule has 0 atom stereocenters. The van der Waals surface area contributed by atoms with Gasteiger partial charge in [-0.15, -0.1) is 0 Å². The van der Waals surface area contributed by atoms with E-state index in [9.17, 15) is 0 Å². The minimum absolute atomic E-state index is 0.501. The molecular weight excluding hydrogens is 126 g/mol. The van der Waals surface area contributed by atoms with E-state index in [1.165, 1.54) is 0 Å². The Morgan fingerprint density at radius 3 is 2.50 bits per heavy atom. The van der Waals surface area contributed by atoms with E-state index in [1.54, 1.807) is 12.2 Å². The van der Waals surface area contributed by atoms with Gasteiger partial charge in [-0.25, -0.2) is 0 Å². The van der Waals surface area contributed by atoms with Gasteiger partial charge >= 0.3 is 0 Å². The van der Waals surface area contributed by atoms with Crippen LogP contribution in [0.4, 0.5) is 0 Å². The van der Waals surface area contributed by atoms with E-state index in [2.05, 4.69) is 13.2 Å². The molecule has 0 aliphatic carbocycles. The van der Waals surface area contributed by atoms with Gasteiger partial charge < -0.3 is 10.5 Å². The summed E-state index contributed by atoms with van der Waals surface area (Å²) in [5, 5.41) is 0. The number of rotatable bonds is 4. The molecule has 0 aliphatic rings. The minimum atomic E-state index is 0.501. The Morgan fingerprint density at radius 2 is 2.10 bits per heavy atom. The van der Waals surface area contributed by atoms with Crippen LogP contribution in [-0.4, -0.2) is 6.61 Å². The van der Waals surface area contributed by atoms with E-state index >= 15 is 0 Å². The lowest BCUT2D eigenvalue weighted by Crippen LogP contribution is -1.90. The molecule has 0 radical (unpaired) electrons. The number of hydrogen-bond donors (Lipinski definition) is 1. The second-order valence-electron chi connectivity index (χ2n) is 1.81. The third-order valence-corrected chi connectivity index (χ3v) is 0.813. The fourth-order valence-corrected chi connectivity index (χ4v) is 0.433. The molecule has 0 saturated carbocycles. The summed E-state index contributed by atoms with van der Waals surface area (Å²) in [4.78, 5) is 0. The van der Waals surface area contributed by atoms with Crippen molar-refractivity contribution in [3.63, 3.8) is 0 Å². The first-order valence-electron chi connectivity index (χ1n) is 3.11. The first-order valence-corrected chi connectivity index (χ1v) is 3.11. The van der Waals surface area contributed by atoms with Crippen LogP contribution in [0.3, 0.4) is 0 Å². The summed E-state index contributed by atoms with van der Waals surface area (Å²) < 4.78 is 5.01. The molecule has 0 saturated heterocycles. The predicted octanol–water partition coefficient (Wildman–Crippen LogP) is 1.57. The van der Waals surface area contributed by atoms with Crippen molar-refractivity contribution in [2.45, 2.75) is 6.92 Å². The van der Waals surface area contributed by atoms with Crippen molar-refractivity contribution in [2.24, 2.45) is 5.73 Å². The van der Waals surface area contributed by atoms with Gasteiger partial charge in [-0.3, -0.25) is 0 Å². The van der Waals surface area contributed by atoms with Gasteiger partial charge in [0.05, 0.1) is 6.61 Å². The number of allylic oxidation sites excluding steroid dienone is 2. The molecule has 0 aliphatic heterocycles. The molecule has 2 N–H and O–H groups in total. The molecule has 10 heavy (non-hydrogen) atoms. The van der Waals surface area contributed by atoms with Crippen molar-refractivity contribution < 1.29 is 4.74 Å². The van der Waals surface area contributed by atoms with Crippen molar-refractivity contribution in [1.29, 1.82) is 0 Å². The van der Waals surface area contributed by atoms with Crippen LogP contribution in [0.15, 0.2) is 36.8 Å². The average Bonchev–Trinajstić information content (AvgIpc) is 1.85. The molecule has 2 nitrogen and oxygen atoms in total. The zero-order chi connectivity index (χ0) is 7.98. The Labute approximate surface area is 61.7 Å². The molecule has 56 valence electrons. The molecule has 0 amide bonds. The van der Waals surface area contributed by atoms with E-state index in [1.807, 2.05) is 6.92 Å². The third kappa shape index (κ3) is 4.97. The van der Waals surface area contributed by atoms with Crippen LogP contribution in [0, 0.1) is 0 Å². The topological polar surface area (TPSA) is 35.2 Å². The normalized spacial score (nSPS) is 9.70. The zero-order valence-electron chi connectivity index (χ0n) is 6.26. The van der Waals surface area contributed by atoms with E-state index in [0.717, 1.165) is 0 Å². The molecule has 0 aromatic carbocycles. The summed E-state index contributed by atoms with van der Waals surface area (Å²) >= 11 is 0. The second kappa shape index (κ2) is 4.68. The number of hydrogen-bond acceptors (Lipinski definition) is 2. The second-order valence-corrected chi connectivity index (χ2v) is 1.81. The average molecular weight is 139 g/mol. The van der Waals surface area contributed by atoms with Crippen molar-refractivity contribution in [3.8, 4) is 0 Å². The lowest BCUT2D eigenvalue weighted by atomic mass is 10.4. The van der Waals surface area contributed by atoms with E-state index < -0.39 is 0 Å². The maximum atomic E-state index is 5.26. The highest BCUT2D eigenvalue weighted by atomic mass is 16.5. The SMILES string of the molecule is C=C(N)/C=C\C(=C)OCC. The summed E-state index contributed by atoms with van der Waals surface area (Å²) in [7, 11) is 0. The highest BCUT2D eigenvalue weighted by Crippen LogP contribution is 1.95. The number of nitrogens with two attached hydrogens (primary N) is 1. The third-order valence-electron chi connectivity index (χ3n) is 0.813. The lowest BCUT2D eigenvalue weighted by Gasteiger charge is -1.99. The summed E-state index contributed by atoms with van der Waals surface area (Å²) in [5.41, 5.74) is 5.76. The fraction of sp³-hybridized carbons (Fsp3) is 0.250. The van der Waals surface area contributed by atoms with Gasteiger partial charge in [0.2, 0.25) is 0 Å².